The lowest BCUT2D eigenvalue weighted by Crippen LogP contribution is -2.52. The highest BCUT2D eigenvalue weighted by atomic mass is 35.5. The van der Waals surface area contributed by atoms with Gasteiger partial charge >= 0.3 is 0 Å². The Hall–Kier alpha value is -2.51. The summed E-state index contributed by atoms with van der Waals surface area (Å²) in [4.78, 5) is 22.8. The Balaban J connectivity index is 1.55. The number of hydrogen-bond acceptors (Lipinski definition) is 4. The zero-order valence-corrected chi connectivity index (χ0v) is 18.4. The van der Waals surface area contributed by atoms with Crippen molar-refractivity contribution in [2.24, 2.45) is 4.99 Å². The van der Waals surface area contributed by atoms with Gasteiger partial charge in [0.25, 0.3) is 0 Å². The summed E-state index contributed by atoms with van der Waals surface area (Å²) in [5, 5.41) is 4.17. The van der Waals surface area contributed by atoms with Gasteiger partial charge in [-0.25, -0.2) is 4.99 Å². The quantitative estimate of drug-likeness (QED) is 0.538. The molecule has 0 saturated carbocycles. The number of halogens is 1. The maximum Gasteiger partial charge on any atom is 0.243 e. The van der Waals surface area contributed by atoms with Crippen LogP contribution in [0.1, 0.15) is 11.3 Å². The zero-order chi connectivity index (χ0) is 21.3. The molecule has 1 aliphatic heterocycles. The van der Waals surface area contributed by atoms with Gasteiger partial charge in [-0.3, -0.25) is 9.69 Å². The number of carbonyl (C=O) groups is 1. The van der Waals surface area contributed by atoms with Crippen molar-refractivity contribution in [2.75, 3.05) is 53.4 Å². The molecule has 0 aliphatic carbocycles. The van der Waals surface area contributed by atoms with Gasteiger partial charge in [-0.2, -0.15) is 0 Å². The normalized spacial score (nSPS) is 15.3. The molecule has 0 atom stereocenters. The van der Waals surface area contributed by atoms with Crippen LogP contribution in [0, 0.1) is 0 Å². The van der Waals surface area contributed by atoms with Crippen LogP contribution in [0.15, 0.2) is 52.1 Å². The number of likely N-dealkylation sites (N-methyl/N-ethyl adjacent to an activating group) is 1. The van der Waals surface area contributed by atoms with Crippen molar-refractivity contribution in [3.05, 3.63) is 59.0 Å². The molecule has 8 heteroatoms. The highest BCUT2D eigenvalue weighted by Crippen LogP contribution is 2.14. The van der Waals surface area contributed by atoms with Crippen LogP contribution in [-0.2, 0) is 17.8 Å². The van der Waals surface area contributed by atoms with Crippen LogP contribution in [0.3, 0.4) is 0 Å². The first-order chi connectivity index (χ1) is 14.5. The second-order valence-corrected chi connectivity index (χ2v) is 8.01. The van der Waals surface area contributed by atoms with E-state index in [1.165, 1.54) is 5.56 Å². The molecule has 3 rings (SSSR count). The molecule has 1 fully saturated rings. The van der Waals surface area contributed by atoms with Gasteiger partial charge < -0.3 is 19.5 Å². The second-order valence-electron chi connectivity index (χ2n) is 7.58. The van der Waals surface area contributed by atoms with E-state index in [4.69, 9.17) is 16.0 Å². The lowest BCUT2D eigenvalue weighted by atomic mass is 10.2. The van der Waals surface area contributed by atoms with Crippen molar-refractivity contribution in [1.29, 1.82) is 0 Å². The third kappa shape index (κ3) is 6.78. The van der Waals surface area contributed by atoms with Crippen LogP contribution in [0.25, 0.3) is 0 Å². The number of amides is 1. The van der Waals surface area contributed by atoms with Crippen LogP contribution in [-0.4, -0.2) is 79.9 Å². The molecule has 1 N–H and O–H groups in total. The van der Waals surface area contributed by atoms with Gasteiger partial charge in [-0.05, 0) is 29.8 Å². The number of nitrogens with zero attached hydrogens (tertiary/aromatic N) is 4. The van der Waals surface area contributed by atoms with Gasteiger partial charge in [-0.1, -0.05) is 23.7 Å². The number of nitrogens with one attached hydrogen (secondary N) is 1. The third-order valence-electron chi connectivity index (χ3n) is 5.06. The molecule has 162 valence electrons. The van der Waals surface area contributed by atoms with Crippen LogP contribution in [0.4, 0.5) is 0 Å². The molecule has 1 aromatic heterocycles. The average Bonchev–Trinajstić information content (AvgIpc) is 3.24. The topological polar surface area (TPSA) is 64.3 Å². The maximum absolute atomic E-state index is 12.0. The first kappa shape index (κ1) is 22.2. The Bertz CT molecular complexity index is 830. The fourth-order valence-electron chi connectivity index (χ4n) is 3.32. The lowest BCUT2D eigenvalue weighted by molar-refractivity contribution is -0.127. The molecule has 7 nitrogen and oxygen atoms in total. The Labute approximate surface area is 183 Å². The fourth-order valence-corrected chi connectivity index (χ4v) is 3.53. The molecule has 30 heavy (non-hydrogen) atoms. The van der Waals surface area contributed by atoms with E-state index >= 15 is 0 Å². The van der Waals surface area contributed by atoms with Gasteiger partial charge in [0.1, 0.15) is 12.3 Å². The number of guanidine groups is 1. The summed E-state index contributed by atoms with van der Waals surface area (Å²) in [6.07, 6.45) is 2.45. The van der Waals surface area contributed by atoms with Crippen molar-refractivity contribution in [3.63, 3.8) is 0 Å². The number of aliphatic imine (C=N–C) groups is 1. The van der Waals surface area contributed by atoms with E-state index < -0.39 is 0 Å². The van der Waals surface area contributed by atoms with Crippen LogP contribution >= 0.6 is 11.6 Å². The summed E-state index contributed by atoms with van der Waals surface area (Å²) in [6.45, 7) is 5.27. The van der Waals surface area contributed by atoms with Crippen molar-refractivity contribution in [2.45, 2.75) is 13.0 Å². The number of benzene rings is 1. The molecular formula is C22H30ClN5O2. The first-order valence-electron chi connectivity index (χ1n) is 10.2. The first-order valence-corrected chi connectivity index (χ1v) is 10.6. The Morgan fingerprint density at radius 1 is 1.20 bits per heavy atom. The molecule has 1 saturated heterocycles. The number of furan rings is 1. The van der Waals surface area contributed by atoms with Crippen LogP contribution in [0.2, 0.25) is 5.02 Å². The van der Waals surface area contributed by atoms with Crippen LogP contribution in [0.5, 0.6) is 0 Å². The van der Waals surface area contributed by atoms with E-state index in [1.54, 1.807) is 25.3 Å². The highest BCUT2D eigenvalue weighted by Gasteiger charge is 2.20. The second kappa shape index (κ2) is 11.0. The number of carbonyl (C=O) groups excluding carboxylic acids is 1. The Morgan fingerprint density at radius 3 is 2.67 bits per heavy atom. The predicted octanol–water partition coefficient (Wildman–Crippen LogP) is 2.33. The standard InChI is InChI=1S/C22H30ClN5O2/c1-26(2)21(29)16-25-22(24-9-8-20-7-4-14-30-20)28-12-10-27(11-13-28)17-18-5-3-6-19(23)15-18/h3-7,14-15H,8-13,16-17H2,1-2H3,(H,24,25). The molecule has 2 aromatic rings. The lowest BCUT2D eigenvalue weighted by Gasteiger charge is -2.36. The van der Waals surface area contributed by atoms with Crippen molar-refractivity contribution in [3.8, 4) is 0 Å². The monoisotopic (exact) mass is 431 g/mol. The van der Waals surface area contributed by atoms with Gasteiger partial charge in [0.2, 0.25) is 5.91 Å². The molecule has 0 spiro atoms. The average molecular weight is 432 g/mol. The zero-order valence-electron chi connectivity index (χ0n) is 17.7. The van der Waals surface area contributed by atoms with Gasteiger partial charge in [0.05, 0.1) is 6.26 Å². The smallest absolute Gasteiger partial charge is 0.243 e. The largest absolute Gasteiger partial charge is 0.469 e. The molecule has 2 heterocycles. The van der Waals surface area contributed by atoms with E-state index in [0.29, 0.717) is 6.54 Å². The molecular weight excluding hydrogens is 402 g/mol. The summed E-state index contributed by atoms with van der Waals surface area (Å²) in [5.41, 5.74) is 1.22. The van der Waals surface area contributed by atoms with E-state index in [1.807, 2.05) is 30.3 Å². The summed E-state index contributed by atoms with van der Waals surface area (Å²) in [5.74, 6) is 1.69. The molecule has 1 aliphatic rings. The van der Waals surface area contributed by atoms with E-state index in [-0.39, 0.29) is 12.5 Å². The molecule has 0 unspecified atom stereocenters. The minimum Gasteiger partial charge on any atom is -0.469 e. The van der Waals surface area contributed by atoms with Crippen molar-refractivity contribution >= 4 is 23.5 Å². The van der Waals surface area contributed by atoms with Crippen molar-refractivity contribution in [1.82, 2.24) is 20.0 Å². The fraction of sp³-hybridized carbons (Fsp3) is 0.455. The summed E-state index contributed by atoms with van der Waals surface area (Å²) in [6, 6.07) is 11.9. The maximum atomic E-state index is 12.0. The molecule has 0 radical (unpaired) electrons. The number of rotatable bonds is 7. The summed E-state index contributed by atoms with van der Waals surface area (Å²) in [7, 11) is 3.49. The van der Waals surface area contributed by atoms with Crippen LogP contribution < -0.4 is 5.32 Å². The van der Waals surface area contributed by atoms with E-state index in [9.17, 15) is 4.79 Å². The Kier molecular flexibility index (Phi) is 8.16. The van der Waals surface area contributed by atoms with Crippen molar-refractivity contribution < 1.29 is 9.21 Å². The minimum atomic E-state index is -0.0140. The third-order valence-corrected chi connectivity index (χ3v) is 5.30. The predicted molar refractivity (Wildman–Crippen MR) is 120 cm³/mol. The van der Waals surface area contributed by atoms with E-state index in [0.717, 1.165) is 55.9 Å². The minimum absolute atomic E-state index is 0.0140. The van der Waals surface area contributed by atoms with Gasteiger partial charge in [-0.15, -0.1) is 0 Å². The van der Waals surface area contributed by atoms with E-state index in [2.05, 4.69) is 26.2 Å². The Morgan fingerprint density at radius 2 is 2.00 bits per heavy atom. The van der Waals surface area contributed by atoms with Gasteiger partial charge in [0.15, 0.2) is 5.96 Å². The summed E-state index contributed by atoms with van der Waals surface area (Å²) >= 11 is 6.11. The number of hydrogen-bond donors (Lipinski definition) is 1. The number of piperazine rings is 1. The SMILES string of the molecule is CN(C)C(=O)CN=C(NCCc1ccco1)N1CCN(Cc2cccc(Cl)c2)CC1. The molecule has 1 aromatic carbocycles. The summed E-state index contributed by atoms with van der Waals surface area (Å²) < 4.78 is 5.40. The van der Waals surface area contributed by atoms with Gasteiger partial charge in [0, 0.05) is 64.8 Å². The highest BCUT2D eigenvalue weighted by molar-refractivity contribution is 6.30. The molecule has 0 bridgehead atoms. The molecule has 1 amide bonds.